The Balaban J connectivity index is 1.49. The Labute approximate surface area is 206 Å². The molecule has 0 radical (unpaired) electrons. The molecule has 35 heavy (non-hydrogen) atoms. The van der Waals surface area contributed by atoms with Crippen LogP contribution in [0.1, 0.15) is 17.0 Å². The molecule has 3 N–H and O–H groups in total. The number of halogens is 1. The topological polar surface area (TPSA) is 113 Å². The average molecular weight is 485 g/mol. The van der Waals surface area contributed by atoms with E-state index in [4.69, 9.17) is 11.6 Å². The van der Waals surface area contributed by atoms with Crippen molar-refractivity contribution in [2.24, 2.45) is 5.10 Å². The van der Waals surface area contributed by atoms with Crippen LogP contribution in [0.4, 0.5) is 17.6 Å². The minimum absolute atomic E-state index is 0.123. The number of fused-ring (bicyclic) bond motifs is 1. The summed E-state index contributed by atoms with van der Waals surface area (Å²) in [7, 11) is 0. The molecule has 0 aliphatic carbocycles. The minimum Gasteiger partial charge on any atom is -0.507 e. The normalized spacial score (nSPS) is 11.3. The third-order valence-electron chi connectivity index (χ3n) is 5.23. The Bertz CT molecular complexity index is 1550. The van der Waals surface area contributed by atoms with Gasteiger partial charge in [-0.25, -0.2) is 10.1 Å². The van der Waals surface area contributed by atoms with Gasteiger partial charge in [0.1, 0.15) is 5.75 Å². The maximum Gasteiger partial charge on any atom is 0.257 e. The number of hydrogen-bond donors (Lipinski definition) is 3. The number of hydrogen-bond acceptors (Lipinski definition) is 8. The van der Waals surface area contributed by atoms with E-state index in [1.54, 1.807) is 22.9 Å². The summed E-state index contributed by atoms with van der Waals surface area (Å²) in [6.07, 6.45) is 1.54. The molecular weight excluding hydrogens is 464 g/mol. The van der Waals surface area contributed by atoms with Crippen molar-refractivity contribution < 1.29 is 5.11 Å². The smallest absolute Gasteiger partial charge is 0.257 e. The van der Waals surface area contributed by atoms with Gasteiger partial charge in [0, 0.05) is 22.0 Å². The van der Waals surface area contributed by atoms with Gasteiger partial charge in [-0.05, 0) is 61.0 Å². The fraction of sp³-hybridized carbons (Fsp3) is 0.0800. The van der Waals surface area contributed by atoms with Crippen LogP contribution in [0, 0.1) is 13.8 Å². The Morgan fingerprint density at radius 3 is 2.49 bits per heavy atom. The van der Waals surface area contributed by atoms with Crippen molar-refractivity contribution in [2.45, 2.75) is 13.8 Å². The lowest BCUT2D eigenvalue weighted by atomic mass is 10.0. The fourth-order valence-corrected chi connectivity index (χ4v) is 3.76. The summed E-state index contributed by atoms with van der Waals surface area (Å²) in [5.74, 6) is 0.955. The molecule has 174 valence electrons. The number of aryl methyl sites for hydroxylation is 2. The van der Waals surface area contributed by atoms with Gasteiger partial charge in [0.2, 0.25) is 11.9 Å². The van der Waals surface area contributed by atoms with Crippen molar-refractivity contribution in [2.75, 3.05) is 10.7 Å². The first-order valence-corrected chi connectivity index (χ1v) is 11.2. The molecule has 0 amide bonds. The van der Waals surface area contributed by atoms with E-state index in [2.05, 4.69) is 35.9 Å². The number of hydrazone groups is 1. The number of nitrogens with one attached hydrogen (secondary N) is 2. The lowest BCUT2D eigenvalue weighted by Gasteiger charge is -2.10. The zero-order chi connectivity index (χ0) is 24.4. The largest absolute Gasteiger partial charge is 0.507 e. The standard InChI is InChI=1S/C25H21ClN8O/c1-15-13-16(2)34(33-15)25-30-23(28-19-10-8-18(26)9-11-19)29-24(31-25)32-27-14-21-20-6-4-3-5-17(20)7-12-22(21)35/h3-14,35H,1-2H3,(H2,28,29,30,31,32)/b27-14-. The van der Waals surface area contributed by atoms with E-state index < -0.39 is 0 Å². The lowest BCUT2D eigenvalue weighted by Crippen LogP contribution is -2.11. The van der Waals surface area contributed by atoms with Crippen LogP contribution >= 0.6 is 11.6 Å². The molecule has 5 aromatic rings. The fourth-order valence-electron chi connectivity index (χ4n) is 3.63. The monoisotopic (exact) mass is 484 g/mol. The van der Waals surface area contributed by atoms with Crippen LogP contribution in [0.15, 0.2) is 71.8 Å². The summed E-state index contributed by atoms with van der Waals surface area (Å²) in [6, 6.07) is 20.4. The number of aromatic nitrogens is 5. The molecule has 0 fully saturated rings. The second-order valence-electron chi connectivity index (χ2n) is 7.84. The third-order valence-corrected chi connectivity index (χ3v) is 5.48. The highest BCUT2D eigenvalue weighted by molar-refractivity contribution is 6.30. The van der Waals surface area contributed by atoms with Gasteiger partial charge < -0.3 is 10.4 Å². The molecule has 0 aliphatic rings. The lowest BCUT2D eigenvalue weighted by molar-refractivity contribution is 0.475. The van der Waals surface area contributed by atoms with Crippen LogP contribution in [0.25, 0.3) is 16.7 Å². The van der Waals surface area contributed by atoms with E-state index in [0.29, 0.717) is 22.5 Å². The van der Waals surface area contributed by atoms with Crippen molar-refractivity contribution >= 4 is 46.2 Å². The van der Waals surface area contributed by atoms with E-state index >= 15 is 0 Å². The van der Waals surface area contributed by atoms with Gasteiger partial charge in [0.05, 0.1) is 11.9 Å². The molecule has 0 saturated heterocycles. The molecule has 0 spiro atoms. The van der Waals surface area contributed by atoms with Crippen molar-refractivity contribution in [3.63, 3.8) is 0 Å². The van der Waals surface area contributed by atoms with Crippen LogP contribution in [0.3, 0.4) is 0 Å². The van der Waals surface area contributed by atoms with Crippen molar-refractivity contribution in [3.8, 4) is 11.7 Å². The SMILES string of the molecule is Cc1cc(C)n(-c2nc(N/N=C\c3c(O)ccc4ccccc34)nc(Nc3ccc(Cl)cc3)n2)n1. The summed E-state index contributed by atoms with van der Waals surface area (Å²) in [5.41, 5.74) is 5.91. The molecule has 0 aliphatic heterocycles. The van der Waals surface area contributed by atoms with E-state index in [1.807, 2.05) is 62.4 Å². The molecule has 0 unspecified atom stereocenters. The Kier molecular flexibility index (Phi) is 5.99. The number of nitrogens with zero attached hydrogens (tertiary/aromatic N) is 6. The summed E-state index contributed by atoms with van der Waals surface area (Å²) >= 11 is 6.00. The van der Waals surface area contributed by atoms with Gasteiger partial charge in [0.15, 0.2) is 0 Å². The summed E-state index contributed by atoms with van der Waals surface area (Å²) in [6.45, 7) is 3.82. The maximum atomic E-state index is 10.4. The Morgan fingerprint density at radius 1 is 0.943 bits per heavy atom. The van der Waals surface area contributed by atoms with Gasteiger partial charge in [0.25, 0.3) is 5.95 Å². The second-order valence-corrected chi connectivity index (χ2v) is 8.28. The molecule has 0 saturated carbocycles. The van der Waals surface area contributed by atoms with Gasteiger partial charge in [-0.15, -0.1) is 0 Å². The van der Waals surface area contributed by atoms with Crippen LogP contribution in [-0.4, -0.2) is 36.1 Å². The van der Waals surface area contributed by atoms with Gasteiger partial charge >= 0.3 is 0 Å². The van der Waals surface area contributed by atoms with Gasteiger partial charge in [-0.2, -0.15) is 25.2 Å². The summed E-state index contributed by atoms with van der Waals surface area (Å²) in [4.78, 5) is 13.4. The van der Waals surface area contributed by atoms with Crippen molar-refractivity contribution in [1.29, 1.82) is 0 Å². The number of aromatic hydroxyl groups is 1. The van der Waals surface area contributed by atoms with Crippen molar-refractivity contribution in [1.82, 2.24) is 24.7 Å². The van der Waals surface area contributed by atoms with Crippen LogP contribution in [0.5, 0.6) is 5.75 Å². The highest BCUT2D eigenvalue weighted by atomic mass is 35.5. The zero-order valence-electron chi connectivity index (χ0n) is 18.9. The number of rotatable bonds is 6. The summed E-state index contributed by atoms with van der Waals surface area (Å²) in [5, 5.41) is 24.8. The quantitative estimate of drug-likeness (QED) is 0.219. The van der Waals surface area contributed by atoms with Gasteiger partial charge in [-0.1, -0.05) is 41.9 Å². The average Bonchev–Trinajstić information content (AvgIpc) is 3.19. The first-order chi connectivity index (χ1) is 17.0. The number of phenols is 1. The highest BCUT2D eigenvalue weighted by Gasteiger charge is 2.12. The second kappa shape index (κ2) is 9.40. The molecule has 0 bridgehead atoms. The predicted octanol–water partition coefficient (Wildman–Crippen LogP) is 5.38. The van der Waals surface area contributed by atoms with Crippen LogP contribution in [0.2, 0.25) is 5.02 Å². The molecule has 5 rings (SSSR count). The van der Waals surface area contributed by atoms with Crippen LogP contribution < -0.4 is 10.7 Å². The van der Waals surface area contributed by atoms with Crippen molar-refractivity contribution in [3.05, 3.63) is 88.7 Å². The molecule has 9 nitrogen and oxygen atoms in total. The minimum atomic E-state index is 0.123. The summed E-state index contributed by atoms with van der Waals surface area (Å²) < 4.78 is 1.63. The third kappa shape index (κ3) is 4.90. The Hall–Kier alpha value is -4.50. The van der Waals surface area contributed by atoms with E-state index in [9.17, 15) is 5.11 Å². The van der Waals surface area contributed by atoms with E-state index in [1.165, 1.54) is 6.21 Å². The Morgan fingerprint density at radius 2 is 1.71 bits per heavy atom. The van der Waals surface area contributed by atoms with E-state index in [0.717, 1.165) is 27.8 Å². The first-order valence-electron chi connectivity index (χ1n) is 10.8. The highest BCUT2D eigenvalue weighted by Crippen LogP contribution is 2.25. The first kappa shape index (κ1) is 22.3. The molecule has 2 heterocycles. The molecule has 3 aromatic carbocycles. The molecule has 2 aromatic heterocycles. The van der Waals surface area contributed by atoms with E-state index in [-0.39, 0.29) is 11.7 Å². The molecular formula is C25H21ClN8O. The molecule has 10 heteroatoms. The number of phenolic OH excluding ortho intramolecular Hbond substituents is 1. The molecule has 0 atom stereocenters. The zero-order valence-corrected chi connectivity index (χ0v) is 19.7. The number of anilines is 3. The predicted molar refractivity (Wildman–Crippen MR) is 138 cm³/mol. The van der Waals surface area contributed by atoms with Crippen LogP contribution in [-0.2, 0) is 0 Å². The maximum absolute atomic E-state index is 10.4. The number of benzene rings is 3. The van der Waals surface area contributed by atoms with Gasteiger partial charge in [-0.3, -0.25) is 0 Å².